The molecule has 1 saturated heterocycles. The van der Waals surface area contributed by atoms with Crippen LogP contribution in [-0.2, 0) is 4.79 Å². The lowest BCUT2D eigenvalue weighted by atomic mass is 10.1. The van der Waals surface area contributed by atoms with E-state index < -0.39 is 0 Å². The highest BCUT2D eigenvalue weighted by atomic mass is 16.2. The summed E-state index contributed by atoms with van der Waals surface area (Å²) >= 11 is 0. The summed E-state index contributed by atoms with van der Waals surface area (Å²) in [5.41, 5.74) is 0. The van der Waals surface area contributed by atoms with Gasteiger partial charge in [-0.2, -0.15) is 15.0 Å². The van der Waals surface area contributed by atoms with Gasteiger partial charge in [-0.3, -0.25) is 4.79 Å². The molecule has 1 aliphatic rings. The minimum absolute atomic E-state index is 0.0903. The monoisotopic (exact) mass is 293 g/mol. The lowest BCUT2D eigenvalue weighted by Crippen LogP contribution is -2.39. The normalized spacial score (nSPS) is 14.7. The molecule has 2 N–H and O–H groups in total. The van der Waals surface area contributed by atoms with Crippen LogP contribution in [0, 0.1) is 0 Å². The van der Waals surface area contributed by atoms with E-state index in [4.69, 9.17) is 0 Å². The Balaban J connectivity index is 1.98. The smallest absolute Gasteiger partial charge is 0.241 e. The van der Waals surface area contributed by atoms with Crippen molar-refractivity contribution in [1.29, 1.82) is 0 Å². The summed E-state index contributed by atoms with van der Waals surface area (Å²) < 4.78 is 0. The lowest BCUT2D eigenvalue weighted by molar-refractivity contribution is -0.130. The van der Waals surface area contributed by atoms with Gasteiger partial charge in [0.15, 0.2) is 0 Å². The summed E-state index contributed by atoms with van der Waals surface area (Å²) in [6.45, 7) is 1.91. The molecule has 8 nitrogen and oxygen atoms in total. The van der Waals surface area contributed by atoms with Crippen molar-refractivity contribution in [2.45, 2.75) is 19.3 Å². The number of piperidine rings is 1. The third-order valence-corrected chi connectivity index (χ3v) is 3.35. The number of hydrogen-bond donors (Lipinski definition) is 2. The molecule has 0 spiro atoms. The van der Waals surface area contributed by atoms with Gasteiger partial charge < -0.3 is 20.4 Å². The molecular formula is C13H23N7O. The number of hydrogen-bond acceptors (Lipinski definition) is 7. The number of aromatic nitrogens is 3. The number of rotatable bonds is 5. The molecule has 1 fully saturated rings. The number of likely N-dealkylation sites (tertiary alicyclic amines) is 1. The first-order valence-electron chi connectivity index (χ1n) is 7.23. The zero-order valence-corrected chi connectivity index (χ0v) is 12.9. The van der Waals surface area contributed by atoms with Crippen molar-refractivity contribution in [1.82, 2.24) is 19.9 Å². The van der Waals surface area contributed by atoms with Crippen LogP contribution in [0.4, 0.5) is 17.8 Å². The van der Waals surface area contributed by atoms with Gasteiger partial charge in [0.1, 0.15) is 0 Å². The molecule has 1 aromatic rings. The first-order chi connectivity index (χ1) is 10.1. The quantitative estimate of drug-likeness (QED) is 0.813. The third-order valence-electron chi connectivity index (χ3n) is 3.35. The largest absolute Gasteiger partial charge is 0.357 e. The standard InChI is InChI=1S/C13H23N7O/c1-14-11-16-12(18-13(17-11)19(2)3)15-9-10(21)20-7-5-4-6-8-20/h4-9H2,1-3H3,(H2,14,15,16,17,18). The van der Waals surface area contributed by atoms with E-state index >= 15 is 0 Å². The van der Waals surface area contributed by atoms with Gasteiger partial charge in [-0.05, 0) is 19.3 Å². The van der Waals surface area contributed by atoms with E-state index in [1.165, 1.54) is 6.42 Å². The fourth-order valence-electron chi connectivity index (χ4n) is 2.17. The van der Waals surface area contributed by atoms with Crippen molar-refractivity contribution in [3.63, 3.8) is 0 Å². The van der Waals surface area contributed by atoms with Crippen LogP contribution in [0.3, 0.4) is 0 Å². The maximum atomic E-state index is 12.1. The van der Waals surface area contributed by atoms with Crippen LogP contribution in [0.15, 0.2) is 0 Å². The fraction of sp³-hybridized carbons (Fsp3) is 0.692. The lowest BCUT2D eigenvalue weighted by Gasteiger charge is -2.26. The van der Waals surface area contributed by atoms with Crippen molar-refractivity contribution < 1.29 is 4.79 Å². The van der Waals surface area contributed by atoms with E-state index in [0.29, 0.717) is 17.8 Å². The SMILES string of the molecule is CNc1nc(NCC(=O)N2CCCCC2)nc(N(C)C)n1. The van der Waals surface area contributed by atoms with Crippen molar-refractivity contribution >= 4 is 23.8 Å². The van der Waals surface area contributed by atoms with Gasteiger partial charge in [0.05, 0.1) is 6.54 Å². The number of anilines is 3. The molecule has 0 unspecified atom stereocenters. The highest BCUT2D eigenvalue weighted by Crippen LogP contribution is 2.12. The molecule has 0 atom stereocenters. The summed E-state index contributed by atoms with van der Waals surface area (Å²) in [6, 6.07) is 0. The van der Waals surface area contributed by atoms with Crippen LogP contribution >= 0.6 is 0 Å². The highest BCUT2D eigenvalue weighted by molar-refractivity contribution is 5.80. The number of nitrogens with zero attached hydrogens (tertiary/aromatic N) is 5. The maximum absolute atomic E-state index is 12.1. The number of amides is 1. The number of nitrogens with one attached hydrogen (secondary N) is 2. The molecule has 2 heterocycles. The second-order valence-corrected chi connectivity index (χ2v) is 5.22. The molecule has 0 bridgehead atoms. The Morgan fingerprint density at radius 1 is 1.14 bits per heavy atom. The molecule has 116 valence electrons. The average molecular weight is 293 g/mol. The summed E-state index contributed by atoms with van der Waals surface area (Å²) in [6.07, 6.45) is 3.39. The van der Waals surface area contributed by atoms with Crippen LogP contribution in [0.25, 0.3) is 0 Å². The molecule has 0 aliphatic carbocycles. The fourth-order valence-corrected chi connectivity index (χ4v) is 2.17. The topological polar surface area (TPSA) is 86.3 Å². The molecule has 0 radical (unpaired) electrons. The summed E-state index contributed by atoms with van der Waals surface area (Å²) in [4.78, 5) is 28.5. The van der Waals surface area contributed by atoms with Crippen molar-refractivity contribution in [2.24, 2.45) is 0 Å². The van der Waals surface area contributed by atoms with Crippen LogP contribution in [-0.4, -0.2) is 66.5 Å². The number of carbonyl (C=O) groups is 1. The zero-order chi connectivity index (χ0) is 15.2. The van der Waals surface area contributed by atoms with Gasteiger partial charge >= 0.3 is 0 Å². The molecule has 0 aromatic carbocycles. The molecule has 0 saturated carbocycles. The number of carbonyl (C=O) groups excluding carboxylic acids is 1. The van der Waals surface area contributed by atoms with E-state index in [2.05, 4.69) is 25.6 Å². The van der Waals surface area contributed by atoms with Gasteiger partial charge in [0, 0.05) is 34.2 Å². The van der Waals surface area contributed by atoms with Gasteiger partial charge in [0.2, 0.25) is 23.8 Å². The predicted molar refractivity (Wildman–Crippen MR) is 82.6 cm³/mol. The maximum Gasteiger partial charge on any atom is 0.241 e. The Labute approximate surface area is 125 Å². The molecule has 1 aliphatic heterocycles. The van der Waals surface area contributed by atoms with E-state index in [-0.39, 0.29) is 12.5 Å². The second-order valence-electron chi connectivity index (χ2n) is 5.22. The van der Waals surface area contributed by atoms with Crippen LogP contribution in [0.5, 0.6) is 0 Å². The van der Waals surface area contributed by atoms with E-state index in [1.807, 2.05) is 19.0 Å². The Hall–Kier alpha value is -2.12. The van der Waals surface area contributed by atoms with Crippen molar-refractivity contribution in [2.75, 3.05) is 56.3 Å². The molecule has 1 aromatic heterocycles. The molecular weight excluding hydrogens is 270 g/mol. The summed E-state index contributed by atoms with van der Waals surface area (Å²) in [5, 5.41) is 5.88. The average Bonchev–Trinajstić information content (AvgIpc) is 2.53. The molecule has 2 rings (SSSR count). The Bertz CT molecular complexity index is 485. The molecule has 1 amide bonds. The first-order valence-corrected chi connectivity index (χ1v) is 7.23. The predicted octanol–water partition coefficient (Wildman–Crippen LogP) is 0.404. The van der Waals surface area contributed by atoms with Gasteiger partial charge in [0.25, 0.3) is 0 Å². The van der Waals surface area contributed by atoms with E-state index in [9.17, 15) is 4.79 Å². The Kier molecular flexibility index (Phi) is 5.13. The van der Waals surface area contributed by atoms with Gasteiger partial charge in [-0.25, -0.2) is 0 Å². The summed E-state index contributed by atoms with van der Waals surface area (Å²) in [7, 11) is 5.46. The Morgan fingerprint density at radius 2 is 1.81 bits per heavy atom. The van der Waals surface area contributed by atoms with Crippen molar-refractivity contribution in [3.05, 3.63) is 0 Å². The first kappa shape index (κ1) is 15.3. The van der Waals surface area contributed by atoms with E-state index in [0.717, 1.165) is 25.9 Å². The van der Waals surface area contributed by atoms with Gasteiger partial charge in [-0.1, -0.05) is 0 Å². The van der Waals surface area contributed by atoms with Crippen LogP contribution in [0.1, 0.15) is 19.3 Å². The Morgan fingerprint density at radius 3 is 2.43 bits per heavy atom. The van der Waals surface area contributed by atoms with E-state index in [1.54, 1.807) is 11.9 Å². The van der Waals surface area contributed by atoms with Crippen LogP contribution < -0.4 is 15.5 Å². The minimum Gasteiger partial charge on any atom is -0.357 e. The van der Waals surface area contributed by atoms with Crippen LogP contribution in [0.2, 0.25) is 0 Å². The summed E-state index contributed by atoms with van der Waals surface area (Å²) in [5.74, 6) is 1.51. The molecule has 8 heteroatoms. The highest BCUT2D eigenvalue weighted by Gasteiger charge is 2.16. The second kappa shape index (κ2) is 7.05. The van der Waals surface area contributed by atoms with Gasteiger partial charge in [-0.15, -0.1) is 0 Å². The van der Waals surface area contributed by atoms with Crippen molar-refractivity contribution in [3.8, 4) is 0 Å². The zero-order valence-electron chi connectivity index (χ0n) is 12.9. The third kappa shape index (κ3) is 4.17. The molecule has 21 heavy (non-hydrogen) atoms. The minimum atomic E-state index is 0.0903.